The maximum atomic E-state index is 12.4. The summed E-state index contributed by atoms with van der Waals surface area (Å²) in [6.45, 7) is 2.31. The van der Waals surface area contributed by atoms with Gasteiger partial charge in [0.05, 0.1) is 11.5 Å². The smallest absolute Gasteiger partial charge is 0.241 e. The van der Waals surface area contributed by atoms with Crippen molar-refractivity contribution in [1.82, 2.24) is 4.72 Å². The molecule has 1 aromatic carbocycles. The van der Waals surface area contributed by atoms with E-state index in [0.29, 0.717) is 18.6 Å². The van der Waals surface area contributed by atoms with Gasteiger partial charge in [0.25, 0.3) is 0 Å². The number of hydrogen-bond acceptors (Lipinski definition) is 4. The molecule has 0 aliphatic rings. The molecule has 1 atom stereocenters. The van der Waals surface area contributed by atoms with Crippen LogP contribution in [0.25, 0.3) is 0 Å². The number of sulfonamides is 1. The molecule has 0 fully saturated rings. The molecule has 0 aliphatic carbocycles. The van der Waals surface area contributed by atoms with Crippen molar-refractivity contribution in [3.05, 3.63) is 29.8 Å². The van der Waals surface area contributed by atoms with Gasteiger partial charge in [-0.1, -0.05) is 43.8 Å². The zero-order chi connectivity index (χ0) is 15.2. The predicted molar refractivity (Wildman–Crippen MR) is 83.2 cm³/mol. The molecule has 5 nitrogen and oxygen atoms in total. The first-order valence-electron chi connectivity index (χ1n) is 6.32. The van der Waals surface area contributed by atoms with Crippen molar-refractivity contribution >= 4 is 27.2 Å². The van der Waals surface area contributed by atoms with E-state index in [9.17, 15) is 8.42 Å². The van der Waals surface area contributed by atoms with Gasteiger partial charge < -0.3 is 10.5 Å². The lowest BCUT2D eigenvalue weighted by atomic mass is 10.2. The van der Waals surface area contributed by atoms with Crippen LogP contribution >= 0.6 is 12.2 Å². The van der Waals surface area contributed by atoms with Gasteiger partial charge in [-0.05, 0) is 12.5 Å². The average Bonchev–Trinajstić information content (AvgIpc) is 2.39. The van der Waals surface area contributed by atoms with Crippen LogP contribution in [0.3, 0.4) is 0 Å². The quantitative estimate of drug-likeness (QED) is 0.709. The molecule has 7 heteroatoms. The van der Waals surface area contributed by atoms with E-state index in [1.807, 2.05) is 6.92 Å². The number of ether oxygens (including phenoxy) is 1. The predicted octanol–water partition coefficient (Wildman–Crippen LogP) is 1.41. The highest BCUT2D eigenvalue weighted by Crippen LogP contribution is 2.16. The summed E-state index contributed by atoms with van der Waals surface area (Å²) in [5, 5.41) is 0. The second kappa shape index (κ2) is 7.68. The van der Waals surface area contributed by atoms with Gasteiger partial charge in [-0.2, -0.15) is 0 Å². The molecule has 0 bridgehead atoms. The van der Waals surface area contributed by atoms with Gasteiger partial charge in [0.2, 0.25) is 10.0 Å². The van der Waals surface area contributed by atoms with Gasteiger partial charge in [-0.25, -0.2) is 13.1 Å². The maximum Gasteiger partial charge on any atom is 0.241 e. The van der Waals surface area contributed by atoms with Crippen LogP contribution in [0, 0.1) is 0 Å². The molecule has 112 valence electrons. The van der Waals surface area contributed by atoms with Crippen molar-refractivity contribution in [2.45, 2.75) is 30.7 Å². The van der Waals surface area contributed by atoms with Gasteiger partial charge in [-0.15, -0.1) is 0 Å². The molecule has 1 unspecified atom stereocenters. The Morgan fingerprint density at radius 3 is 2.65 bits per heavy atom. The van der Waals surface area contributed by atoms with Crippen LogP contribution in [0.4, 0.5) is 0 Å². The van der Waals surface area contributed by atoms with Gasteiger partial charge in [0, 0.05) is 18.7 Å². The lowest BCUT2D eigenvalue weighted by Crippen LogP contribution is -2.38. The highest BCUT2D eigenvalue weighted by Gasteiger charge is 2.23. The third kappa shape index (κ3) is 4.52. The van der Waals surface area contributed by atoms with Gasteiger partial charge >= 0.3 is 0 Å². The molecular weight excluding hydrogens is 296 g/mol. The zero-order valence-electron chi connectivity index (χ0n) is 11.6. The van der Waals surface area contributed by atoms with Gasteiger partial charge in [0.15, 0.2) is 0 Å². The van der Waals surface area contributed by atoms with Crippen molar-refractivity contribution in [2.24, 2.45) is 5.73 Å². The topological polar surface area (TPSA) is 81.4 Å². The molecule has 0 amide bonds. The summed E-state index contributed by atoms with van der Waals surface area (Å²) < 4.78 is 32.5. The SMILES string of the molecule is CCCC(COC)NS(=O)(=O)c1ccccc1C(N)=S. The summed E-state index contributed by atoms with van der Waals surface area (Å²) in [5.41, 5.74) is 5.92. The molecule has 3 N–H and O–H groups in total. The van der Waals surface area contributed by atoms with Crippen molar-refractivity contribution < 1.29 is 13.2 Å². The summed E-state index contributed by atoms with van der Waals surface area (Å²) in [7, 11) is -2.14. The summed E-state index contributed by atoms with van der Waals surface area (Å²) in [5.74, 6) is 0. The first-order valence-corrected chi connectivity index (χ1v) is 8.21. The van der Waals surface area contributed by atoms with E-state index in [-0.39, 0.29) is 15.9 Å². The number of methoxy groups -OCH3 is 1. The van der Waals surface area contributed by atoms with Crippen LogP contribution in [-0.4, -0.2) is 33.2 Å². The van der Waals surface area contributed by atoms with Crippen LogP contribution in [0.15, 0.2) is 29.2 Å². The van der Waals surface area contributed by atoms with Crippen LogP contribution in [-0.2, 0) is 14.8 Å². The lowest BCUT2D eigenvalue weighted by Gasteiger charge is -2.18. The van der Waals surface area contributed by atoms with Crippen molar-refractivity contribution in [3.8, 4) is 0 Å². The summed E-state index contributed by atoms with van der Waals surface area (Å²) in [6.07, 6.45) is 1.55. The Balaban J connectivity index is 3.07. The second-order valence-corrected chi connectivity index (χ2v) is 6.54. The Labute approximate surface area is 125 Å². The number of thiocarbonyl (C=S) groups is 1. The largest absolute Gasteiger partial charge is 0.389 e. The fourth-order valence-electron chi connectivity index (χ4n) is 1.91. The number of benzene rings is 1. The van der Waals surface area contributed by atoms with Crippen LogP contribution < -0.4 is 10.5 Å². The Morgan fingerprint density at radius 1 is 1.45 bits per heavy atom. The normalized spacial score (nSPS) is 13.1. The zero-order valence-corrected chi connectivity index (χ0v) is 13.3. The first-order chi connectivity index (χ1) is 9.42. The molecule has 1 aromatic rings. The maximum absolute atomic E-state index is 12.4. The molecule has 1 rings (SSSR count). The average molecular weight is 316 g/mol. The molecule has 0 aliphatic heterocycles. The van der Waals surface area contributed by atoms with Crippen molar-refractivity contribution in [3.63, 3.8) is 0 Å². The Hall–Kier alpha value is -1.02. The van der Waals surface area contributed by atoms with Crippen LogP contribution in [0.1, 0.15) is 25.3 Å². The van der Waals surface area contributed by atoms with E-state index < -0.39 is 10.0 Å². The number of hydrogen-bond donors (Lipinski definition) is 2. The molecule has 0 saturated carbocycles. The Morgan fingerprint density at radius 2 is 2.10 bits per heavy atom. The van der Waals surface area contributed by atoms with E-state index in [1.165, 1.54) is 6.07 Å². The minimum absolute atomic E-state index is 0.0600. The van der Waals surface area contributed by atoms with Crippen molar-refractivity contribution in [1.29, 1.82) is 0 Å². The van der Waals surface area contributed by atoms with Crippen LogP contribution in [0.2, 0.25) is 0 Å². The molecule has 0 radical (unpaired) electrons. The number of nitrogens with two attached hydrogens (primary N) is 1. The molecule has 0 spiro atoms. The highest BCUT2D eigenvalue weighted by molar-refractivity contribution is 7.89. The number of rotatable bonds is 8. The molecule has 0 saturated heterocycles. The van der Waals surface area contributed by atoms with E-state index >= 15 is 0 Å². The van der Waals surface area contributed by atoms with Gasteiger partial charge in [-0.3, -0.25) is 0 Å². The van der Waals surface area contributed by atoms with E-state index in [4.69, 9.17) is 22.7 Å². The number of nitrogens with one attached hydrogen (secondary N) is 1. The Kier molecular flexibility index (Phi) is 6.54. The monoisotopic (exact) mass is 316 g/mol. The Bertz CT molecular complexity index is 552. The molecule has 20 heavy (non-hydrogen) atoms. The molecule has 0 aromatic heterocycles. The van der Waals surface area contributed by atoms with Crippen molar-refractivity contribution in [2.75, 3.05) is 13.7 Å². The van der Waals surface area contributed by atoms with Crippen LogP contribution in [0.5, 0.6) is 0 Å². The van der Waals surface area contributed by atoms with E-state index in [1.54, 1.807) is 25.3 Å². The fourth-order valence-corrected chi connectivity index (χ4v) is 3.63. The fraction of sp³-hybridized carbons (Fsp3) is 0.462. The summed E-state index contributed by atoms with van der Waals surface area (Å²) in [4.78, 5) is 0.162. The molecular formula is C13H20N2O3S2. The summed E-state index contributed by atoms with van der Waals surface area (Å²) >= 11 is 4.90. The third-order valence-corrected chi connectivity index (χ3v) is 4.57. The summed E-state index contributed by atoms with van der Waals surface area (Å²) in [6, 6.07) is 6.16. The second-order valence-electron chi connectivity index (χ2n) is 4.42. The lowest BCUT2D eigenvalue weighted by molar-refractivity contribution is 0.171. The first kappa shape index (κ1) is 17.0. The third-order valence-electron chi connectivity index (χ3n) is 2.77. The van der Waals surface area contributed by atoms with E-state index in [2.05, 4.69) is 4.72 Å². The minimum atomic E-state index is -3.68. The molecule has 0 heterocycles. The highest BCUT2D eigenvalue weighted by atomic mass is 32.2. The van der Waals surface area contributed by atoms with Gasteiger partial charge in [0.1, 0.15) is 4.99 Å². The van der Waals surface area contributed by atoms with E-state index in [0.717, 1.165) is 6.42 Å². The minimum Gasteiger partial charge on any atom is -0.389 e. The standard InChI is InChI=1S/C13H20N2O3S2/c1-3-6-10(9-18-2)15-20(16,17)12-8-5-4-7-11(12)13(14)19/h4-5,7-8,10,15H,3,6,9H2,1-2H3,(H2,14,19).